The summed E-state index contributed by atoms with van der Waals surface area (Å²) in [6.45, 7) is 16.0. The smallest absolute Gasteiger partial charge is 0.326 e. The van der Waals surface area contributed by atoms with Crippen molar-refractivity contribution in [1.29, 1.82) is 0 Å². The summed E-state index contributed by atoms with van der Waals surface area (Å²) in [6.07, 6.45) is 5.47. The van der Waals surface area contributed by atoms with Crippen LogP contribution in [0, 0.1) is 0 Å². The molecular weight excluding hydrogens is 470 g/mol. The number of carboxylic acid groups (broad SMARTS) is 1. The van der Waals surface area contributed by atoms with Crippen LogP contribution in [0.1, 0.15) is 78.5 Å². The fourth-order valence-corrected chi connectivity index (χ4v) is 4.51. The van der Waals surface area contributed by atoms with E-state index in [1.807, 2.05) is 41.5 Å². The summed E-state index contributed by atoms with van der Waals surface area (Å²) in [5.74, 6) is 0.0247. The summed E-state index contributed by atoms with van der Waals surface area (Å²) in [5.41, 5.74) is 2.18. The summed E-state index contributed by atoms with van der Waals surface area (Å²) in [7, 11) is 0. The third-order valence-corrected chi connectivity index (χ3v) is 6.61. The van der Waals surface area contributed by atoms with E-state index in [4.69, 9.17) is 9.72 Å². The minimum atomic E-state index is -1.01. The van der Waals surface area contributed by atoms with Gasteiger partial charge in [-0.2, -0.15) is 0 Å². The first-order chi connectivity index (χ1) is 17.5. The van der Waals surface area contributed by atoms with Crippen LogP contribution >= 0.6 is 0 Å². The van der Waals surface area contributed by atoms with Gasteiger partial charge in [0.05, 0.1) is 12.2 Å². The third kappa shape index (κ3) is 11.3. The highest BCUT2D eigenvalue weighted by atomic mass is 16.5. The van der Waals surface area contributed by atoms with Crippen molar-refractivity contribution in [3.63, 3.8) is 0 Å². The largest absolute Gasteiger partial charge is 0.480 e. The van der Waals surface area contributed by atoms with Gasteiger partial charge in [-0.1, -0.05) is 6.07 Å². The number of amides is 2. The molecule has 0 spiro atoms. The van der Waals surface area contributed by atoms with Crippen molar-refractivity contribution < 1.29 is 19.4 Å². The summed E-state index contributed by atoms with van der Waals surface area (Å²) >= 11 is 0. The number of nitrogens with zero attached hydrogens (tertiary/aromatic N) is 3. The Kier molecular flexibility index (Phi) is 12.6. The third-order valence-electron chi connectivity index (χ3n) is 6.61. The molecule has 1 aromatic rings. The van der Waals surface area contributed by atoms with Crippen molar-refractivity contribution >= 4 is 17.8 Å². The van der Waals surface area contributed by atoms with Crippen molar-refractivity contribution in [3.8, 4) is 0 Å². The van der Waals surface area contributed by atoms with Gasteiger partial charge >= 0.3 is 12.0 Å². The minimum absolute atomic E-state index is 0.00544. The lowest BCUT2D eigenvalue weighted by molar-refractivity contribution is -0.139. The van der Waals surface area contributed by atoms with E-state index < -0.39 is 12.0 Å². The van der Waals surface area contributed by atoms with Crippen molar-refractivity contribution in [3.05, 3.63) is 23.4 Å². The van der Waals surface area contributed by atoms with Crippen LogP contribution in [0.15, 0.2) is 12.1 Å². The monoisotopic (exact) mass is 519 g/mol. The zero-order valence-corrected chi connectivity index (χ0v) is 23.8. The molecule has 0 aliphatic carbocycles. The number of urea groups is 1. The Labute approximate surface area is 223 Å². The molecule has 2 rings (SSSR count). The van der Waals surface area contributed by atoms with Crippen LogP contribution in [-0.4, -0.2) is 88.9 Å². The average molecular weight is 520 g/mol. The highest BCUT2D eigenvalue weighted by molar-refractivity contribution is 5.82. The molecule has 0 fully saturated rings. The zero-order chi connectivity index (χ0) is 27.4. The quantitative estimate of drug-likeness (QED) is 0.299. The summed E-state index contributed by atoms with van der Waals surface area (Å²) < 4.78 is 5.93. The molecule has 9 heteroatoms. The summed E-state index contributed by atoms with van der Waals surface area (Å²) in [6, 6.07) is 3.07. The van der Waals surface area contributed by atoms with Gasteiger partial charge in [0.25, 0.3) is 0 Å². The molecule has 1 aliphatic rings. The SMILES string of the molecule is CCN(C(=O)NC(CCN(CCCCc1ccc2c(n1)NCCC2)CCOC(C)(C)C)C(=O)O)C(C)C. The van der Waals surface area contributed by atoms with E-state index in [1.165, 1.54) is 5.56 Å². The minimum Gasteiger partial charge on any atom is -0.480 e. The number of rotatable bonds is 15. The van der Waals surface area contributed by atoms with E-state index in [-0.39, 0.29) is 17.7 Å². The number of unbranched alkanes of at least 4 members (excludes halogenated alkanes) is 1. The topological polar surface area (TPSA) is 107 Å². The molecular formula is C28H49N5O4. The number of carbonyl (C=O) groups excluding carboxylic acids is 1. The molecule has 0 aromatic carbocycles. The predicted molar refractivity (Wildman–Crippen MR) is 148 cm³/mol. The molecule has 2 amide bonds. The lowest BCUT2D eigenvalue weighted by Crippen LogP contribution is -2.51. The molecule has 1 atom stereocenters. The highest BCUT2D eigenvalue weighted by Gasteiger charge is 2.24. The number of ether oxygens (including phenoxy) is 1. The van der Waals surface area contributed by atoms with E-state index in [2.05, 4.69) is 27.7 Å². The second kappa shape index (κ2) is 15.1. The maximum Gasteiger partial charge on any atom is 0.326 e. The fourth-order valence-electron chi connectivity index (χ4n) is 4.51. The molecule has 1 aromatic heterocycles. The number of pyridine rings is 1. The number of hydrogen-bond acceptors (Lipinski definition) is 6. The van der Waals surface area contributed by atoms with Gasteiger partial charge in [-0.3, -0.25) is 0 Å². The van der Waals surface area contributed by atoms with Crippen LogP contribution in [0.5, 0.6) is 0 Å². The van der Waals surface area contributed by atoms with Gasteiger partial charge in [-0.15, -0.1) is 0 Å². The van der Waals surface area contributed by atoms with Crippen molar-refractivity contribution in [1.82, 2.24) is 20.1 Å². The summed E-state index contributed by atoms with van der Waals surface area (Å²) in [4.78, 5) is 33.2. The Balaban J connectivity index is 1.90. The Hall–Kier alpha value is -2.39. The summed E-state index contributed by atoms with van der Waals surface area (Å²) in [5, 5.41) is 15.9. The molecule has 0 radical (unpaired) electrons. The van der Waals surface area contributed by atoms with Crippen LogP contribution in [0.4, 0.5) is 10.6 Å². The maximum atomic E-state index is 12.6. The number of carboxylic acids is 1. The first-order valence-corrected chi connectivity index (χ1v) is 13.9. The average Bonchev–Trinajstić information content (AvgIpc) is 2.82. The Morgan fingerprint density at radius 3 is 2.59 bits per heavy atom. The second-order valence-electron chi connectivity index (χ2n) is 11.1. The number of aryl methyl sites for hydroxylation is 2. The van der Waals surface area contributed by atoms with E-state index in [9.17, 15) is 14.7 Å². The molecule has 1 unspecified atom stereocenters. The second-order valence-corrected chi connectivity index (χ2v) is 11.1. The first kappa shape index (κ1) is 30.8. The normalized spacial score (nSPS) is 14.3. The van der Waals surface area contributed by atoms with Gasteiger partial charge in [0.2, 0.25) is 0 Å². The Bertz CT molecular complexity index is 855. The maximum absolute atomic E-state index is 12.6. The number of carbonyl (C=O) groups is 2. The number of hydrogen-bond donors (Lipinski definition) is 3. The van der Waals surface area contributed by atoms with E-state index in [1.54, 1.807) is 4.90 Å². The van der Waals surface area contributed by atoms with Gasteiger partial charge in [-0.05, 0) is 98.2 Å². The number of nitrogens with one attached hydrogen (secondary N) is 2. The van der Waals surface area contributed by atoms with Crippen molar-refractivity contribution in [2.75, 3.05) is 44.6 Å². The number of aliphatic carboxylic acids is 1. The van der Waals surface area contributed by atoms with Gasteiger partial charge in [0.15, 0.2) is 0 Å². The van der Waals surface area contributed by atoms with E-state index in [0.717, 1.165) is 56.7 Å². The van der Waals surface area contributed by atoms with Crippen LogP contribution in [0.3, 0.4) is 0 Å². The van der Waals surface area contributed by atoms with Gasteiger partial charge in [0, 0.05) is 37.9 Å². The lowest BCUT2D eigenvalue weighted by Gasteiger charge is -2.29. The highest BCUT2D eigenvalue weighted by Crippen LogP contribution is 2.20. The molecule has 1 aliphatic heterocycles. The lowest BCUT2D eigenvalue weighted by atomic mass is 10.1. The van der Waals surface area contributed by atoms with Crippen molar-refractivity contribution in [2.24, 2.45) is 0 Å². The van der Waals surface area contributed by atoms with Gasteiger partial charge in [-0.25, -0.2) is 14.6 Å². The van der Waals surface area contributed by atoms with E-state index in [0.29, 0.717) is 32.7 Å². The molecule has 9 nitrogen and oxygen atoms in total. The molecule has 3 N–H and O–H groups in total. The Morgan fingerprint density at radius 2 is 1.95 bits per heavy atom. The number of fused-ring (bicyclic) bond motifs is 1. The molecule has 37 heavy (non-hydrogen) atoms. The standard InChI is InChI=1S/C28H49N5O4/c1-7-33(21(2)3)27(36)31-24(26(34)35)15-18-32(19-20-37-28(4,5)6)17-9-8-12-23-14-13-22-11-10-16-29-25(22)30-23/h13-14,21,24H,7-12,15-20H2,1-6H3,(H,29,30)(H,31,36)(H,34,35). The van der Waals surface area contributed by atoms with Gasteiger partial charge in [0.1, 0.15) is 11.9 Å². The molecule has 2 heterocycles. The fraction of sp³-hybridized carbons (Fsp3) is 0.750. The predicted octanol–water partition coefficient (Wildman–Crippen LogP) is 4.16. The molecule has 0 bridgehead atoms. The van der Waals surface area contributed by atoms with Crippen LogP contribution in [-0.2, 0) is 22.4 Å². The number of anilines is 1. The number of aromatic nitrogens is 1. The Morgan fingerprint density at radius 1 is 1.19 bits per heavy atom. The zero-order valence-electron chi connectivity index (χ0n) is 23.8. The van der Waals surface area contributed by atoms with Crippen LogP contribution in [0.2, 0.25) is 0 Å². The van der Waals surface area contributed by atoms with Crippen molar-refractivity contribution in [2.45, 2.75) is 97.8 Å². The van der Waals surface area contributed by atoms with Gasteiger partial charge < -0.3 is 30.3 Å². The van der Waals surface area contributed by atoms with Crippen LogP contribution in [0.25, 0.3) is 0 Å². The molecule has 0 saturated carbocycles. The van der Waals surface area contributed by atoms with E-state index >= 15 is 0 Å². The molecule has 210 valence electrons. The first-order valence-electron chi connectivity index (χ1n) is 13.9. The van der Waals surface area contributed by atoms with Crippen LogP contribution < -0.4 is 10.6 Å². The molecule has 0 saturated heterocycles.